The summed E-state index contributed by atoms with van der Waals surface area (Å²) in [6.45, 7) is 7.33. The van der Waals surface area contributed by atoms with Gasteiger partial charge in [0.05, 0.1) is 32.5 Å². The lowest BCUT2D eigenvalue weighted by atomic mass is 10.3. The van der Waals surface area contributed by atoms with E-state index in [1.165, 1.54) is 11.0 Å². The quantitative estimate of drug-likeness (QED) is 0.432. The zero-order chi connectivity index (χ0) is 13.8. The van der Waals surface area contributed by atoms with E-state index < -0.39 is 12.2 Å². The smallest absolute Gasteiger partial charge is 0.410 e. The Hall–Kier alpha value is -1.37. The van der Waals surface area contributed by atoms with Crippen molar-refractivity contribution >= 4 is 6.09 Å². The lowest BCUT2D eigenvalue weighted by molar-refractivity contribution is 0.0206. The maximum absolute atomic E-state index is 11.5. The summed E-state index contributed by atoms with van der Waals surface area (Å²) < 4.78 is 9.88. The Balaban J connectivity index is 4.10. The highest BCUT2D eigenvalue weighted by molar-refractivity contribution is 5.67. The molecule has 1 amide bonds. The Morgan fingerprint density at radius 1 is 1.33 bits per heavy atom. The fraction of sp³-hybridized carbons (Fsp3) is 0.583. The molecule has 0 rings (SSSR count). The average molecular weight is 259 g/mol. The molecule has 0 fully saturated rings. The molecule has 6 heteroatoms. The summed E-state index contributed by atoms with van der Waals surface area (Å²) in [4.78, 5) is 12.7. The molecule has 104 valence electrons. The van der Waals surface area contributed by atoms with Crippen LogP contribution in [0.3, 0.4) is 0 Å². The maximum atomic E-state index is 11.5. The average Bonchev–Trinajstić information content (AvgIpc) is 2.35. The van der Waals surface area contributed by atoms with Crippen LogP contribution in [0, 0.1) is 0 Å². The zero-order valence-corrected chi connectivity index (χ0v) is 10.5. The van der Waals surface area contributed by atoms with Crippen LogP contribution in [0.4, 0.5) is 4.79 Å². The number of carbonyl (C=O) groups excluding carboxylic acids is 1. The highest BCUT2D eigenvalue weighted by Gasteiger charge is 2.18. The molecule has 0 spiro atoms. The molecule has 6 nitrogen and oxygen atoms in total. The second kappa shape index (κ2) is 10.8. The van der Waals surface area contributed by atoms with Gasteiger partial charge in [-0.3, -0.25) is 0 Å². The molecule has 1 atom stereocenters. The highest BCUT2D eigenvalue weighted by Crippen LogP contribution is 1.98. The Bertz CT molecular complexity index is 257. The van der Waals surface area contributed by atoms with E-state index >= 15 is 0 Å². The minimum Gasteiger partial charge on any atom is -0.445 e. The first-order valence-electron chi connectivity index (χ1n) is 5.65. The molecule has 0 saturated carbocycles. The Morgan fingerprint density at radius 3 is 2.56 bits per heavy atom. The van der Waals surface area contributed by atoms with E-state index in [9.17, 15) is 9.90 Å². The van der Waals surface area contributed by atoms with Crippen LogP contribution in [0.25, 0.3) is 0 Å². The molecule has 18 heavy (non-hydrogen) atoms. The van der Waals surface area contributed by atoms with Crippen LogP contribution >= 0.6 is 0 Å². The summed E-state index contributed by atoms with van der Waals surface area (Å²) in [7, 11) is 0. The minimum atomic E-state index is -0.840. The molecule has 0 aromatic carbocycles. The van der Waals surface area contributed by atoms with Gasteiger partial charge in [-0.2, -0.15) is 0 Å². The SMILES string of the molecule is C=CCOCC(O)CN(CCO)C(=O)OCC=C. The number of ether oxygens (including phenoxy) is 2. The third-order valence-corrected chi connectivity index (χ3v) is 1.93. The zero-order valence-electron chi connectivity index (χ0n) is 10.5. The van der Waals surface area contributed by atoms with Crippen LogP contribution in [0.5, 0.6) is 0 Å². The van der Waals surface area contributed by atoms with Crippen molar-refractivity contribution in [2.75, 3.05) is 39.5 Å². The van der Waals surface area contributed by atoms with Crippen molar-refractivity contribution < 1.29 is 24.5 Å². The number of amides is 1. The van der Waals surface area contributed by atoms with E-state index in [1.807, 2.05) is 0 Å². The fourth-order valence-electron chi connectivity index (χ4n) is 1.19. The number of rotatable bonds is 10. The Labute approximate surface area is 107 Å². The van der Waals surface area contributed by atoms with E-state index in [-0.39, 0.29) is 32.9 Å². The van der Waals surface area contributed by atoms with Gasteiger partial charge in [0.25, 0.3) is 0 Å². The van der Waals surface area contributed by atoms with Gasteiger partial charge in [-0.25, -0.2) is 4.79 Å². The summed E-state index contributed by atoms with van der Waals surface area (Å²) in [6.07, 6.45) is 1.56. The molecule has 0 saturated heterocycles. The van der Waals surface area contributed by atoms with Crippen LogP contribution in [-0.4, -0.2) is 66.8 Å². The van der Waals surface area contributed by atoms with E-state index in [4.69, 9.17) is 14.6 Å². The molecule has 1 unspecified atom stereocenters. The molecule has 0 bridgehead atoms. The third-order valence-electron chi connectivity index (χ3n) is 1.93. The number of carbonyl (C=O) groups is 1. The van der Waals surface area contributed by atoms with Gasteiger partial charge in [0.2, 0.25) is 0 Å². The van der Waals surface area contributed by atoms with Crippen molar-refractivity contribution in [2.45, 2.75) is 6.10 Å². The number of hydrogen-bond donors (Lipinski definition) is 2. The monoisotopic (exact) mass is 259 g/mol. The molecule has 0 aliphatic heterocycles. The molecular formula is C12H21NO5. The van der Waals surface area contributed by atoms with Crippen molar-refractivity contribution in [2.24, 2.45) is 0 Å². The van der Waals surface area contributed by atoms with Crippen LogP contribution in [0.15, 0.2) is 25.3 Å². The van der Waals surface area contributed by atoms with Gasteiger partial charge >= 0.3 is 6.09 Å². The van der Waals surface area contributed by atoms with Gasteiger partial charge in [0.15, 0.2) is 0 Å². The molecular weight excluding hydrogens is 238 g/mol. The van der Waals surface area contributed by atoms with Crippen LogP contribution in [0.1, 0.15) is 0 Å². The maximum Gasteiger partial charge on any atom is 0.410 e. The van der Waals surface area contributed by atoms with E-state index in [2.05, 4.69) is 13.2 Å². The van der Waals surface area contributed by atoms with E-state index in [0.717, 1.165) is 0 Å². The largest absolute Gasteiger partial charge is 0.445 e. The van der Waals surface area contributed by atoms with Crippen molar-refractivity contribution in [3.63, 3.8) is 0 Å². The number of aliphatic hydroxyl groups excluding tert-OH is 2. The van der Waals surface area contributed by atoms with Crippen molar-refractivity contribution in [1.82, 2.24) is 4.90 Å². The summed E-state index contributed by atoms with van der Waals surface area (Å²) in [6, 6.07) is 0. The number of nitrogens with zero attached hydrogens (tertiary/aromatic N) is 1. The lowest BCUT2D eigenvalue weighted by Gasteiger charge is -2.23. The normalized spacial score (nSPS) is 11.7. The van der Waals surface area contributed by atoms with Gasteiger partial charge in [-0.1, -0.05) is 18.7 Å². The first-order chi connectivity index (χ1) is 8.65. The van der Waals surface area contributed by atoms with Gasteiger partial charge in [0.1, 0.15) is 6.61 Å². The molecule has 0 aliphatic rings. The molecule has 0 aromatic heterocycles. The standard InChI is InChI=1S/C12H21NO5/c1-3-7-17-10-11(15)9-13(5-6-14)12(16)18-8-4-2/h3-4,11,14-15H,1-2,5-10H2. The fourth-order valence-corrected chi connectivity index (χ4v) is 1.19. The number of aliphatic hydroxyl groups is 2. The lowest BCUT2D eigenvalue weighted by Crippen LogP contribution is -2.41. The van der Waals surface area contributed by atoms with Crippen molar-refractivity contribution in [3.05, 3.63) is 25.3 Å². The first kappa shape index (κ1) is 16.6. The summed E-state index contributed by atoms with van der Waals surface area (Å²) >= 11 is 0. The summed E-state index contributed by atoms with van der Waals surface area (Å²) in [5, 5.41) is 18.5. The van der Waals surface area contributed by atoms with Crippen LogP contribution in [-0.2, 0) is 9.47 Å². The molecule has 0 aliphatic carbocycles. The summed E-state index contributed by atoms with van der Waals surface area (Å²) in [5.74, 6) is 0. The first-order valence-corrected chi connectivity index (χ1v) is 5.65. The Kier molecular flexibility index (Phi) is 9.94. The number of hydrogen-bond acceptors (Lipinski definition) is 5. The summed E-state index contributed by atoms with van der Waals surface area (Å²) in [5.41, 5.74) is 0. The van der Waals surface area contributed by atoms with Gasteiger partial charge in [-0.05, 0) is 0 Å². The second-order valence-electron chi connectivity index (χ2n) is 3.52. The van der Waals surface area contributed by atoms with Gasteiger partial charge < -0.3 is 24.6 Å². The topological polar surface area (TPSA) is 79.2 Å². The predicted molar refractivity (Wildman–Crippen MR) is 67.2 cm³/mol. The highest BCUT2D eigenvalue weighted by atomic mass is 16.6. The van der Waals surface area contributed by atoms with Gasteiger partial charge in [0, 0.05) is 6.54 Å². The molecule has 2 N–H and O–H groups in total. The van der Waals surface area contributed by atoms with Gasteiger partial charge in [-0.15, -0.1) is 6.58 Å². The van der Waals surface area contributed by atoms with E-state index in [1.54, 1.807) is 6.08 Å². The molecule has 0 aromatic rings. The van der Waals surface area contributed by atoms with E-state index in [0.29, 0.717) is 6.61 Å². The van der Waals surface area contributed by atoms with Crippen molar-refractivity contribution in [3.8, 4) is 0 Å². The molecule has 0 heterocycles. The third kappa shape index (κ3) is 7.83. The predicted octanol–water partition coefficient (Wildman–Crippen LogP) is 0.167. The Morgan fingerprint density at radius 2 is 2.00 bits per heavy atom. The van der Waals surface area contributed by atoms with Crippen LogP contribution < -0.4 is 0 Å². The molecule has 0 radical (unpaired) electrons. The van der Waals surface area contributed by atoms with Crippen molar-refractivity contribution in [1.29, 1.82) is 0 Å². The second-order valence-corrected chi connectivity index (χ2v) is 3.52. The minimum absolute atomic E-state index is 0.0354. The van der Waals surface area contributed by atoms with Crippen LogP contribution in [0.2, 0.25) is 0 Å².